The van der Waals surface area contributed by atoms with Crippen molar-refractivity contribution in [2.75, 3.05) is 30.0 Å². The molecule has 5 N–H and O–H groups in total. The van der Waals surface area contributed by atoms with Gasteiger partial charge in [0.1, 0.15) is 0 Å². The molecule has 1 saturated heterocycles. The van der Waals surface area contributed by atoms with Crippen LogP contribution >= 0.6 is 0 Å². The van der Waals surface area contributed by atoms with Crippen molar-refractivity contribution in [1.82, 2.24) is 4.90 Å². The van der Waals surface area contributed by atoms with Crippen molar-refractivity contribution in [1.29, 1.82) is 0 Å². The number of ether oxygens (including phenoxy) is 2. The van der Waals surface area contributed by atoms with Crippen LogP contribution in [0.1, 0.15) is 92.6 Å². The second kappa shape index (κ2) is 18.8. The van der Waals surface area contributed by atoms with E-state index in [1.807, 2.05) is 60.7 Å². The number of carbonyl (C=O) groups excluding carboxylic acids is 2. The van der Waals surface area contributed by atoms with Gasteiger partial charge in [-0.25, -0.2) is 0 Å². The van der Waals surface area contributed by atoms with Crippen LogP contribution in [-0.4, -0.2) is 41.5 Å². The van der Waals surface area contributed by atoms with Crippen LogP contribution in [-0.2, 0) is 25.7 Å². The molecule has 1 heterocycles. The summed E-state index contributed by atoms with van der Waals surface area (Å²) in [5.74, 6) is -0.0972. The van der Waals surface area contributed by atoms with Crippen LogP contribution in [0.15, 0.2) is 115 Å². The van der Waals surface area contributed by atoms with E-state index in [1.165, 1.54) is 16.3 Å². The van der Waals surface area contributed by atoms with Gasteiger partial charge in [0, 0.05) is 43.1 Å². The zero-order chi connectivity index (χ0) is 37.9. The smallest absolute Gasteiger partial charge is 0.224 e. The largest absolute Gasteiger partial charge is 0.397 e. The van der Waals surface area contributed by atoms with E-state index in [1.54, 1.807) is 12.1 Å². The molecule has 4 atom stereocenters. The molecule has 9 nitrogen and oxygen atoms in total. The summed E-state index contributed by atoms with van der Waals surface area (Å²) >= 11 is 0. The number of benzene rings is 5. The van der Waals surface area contributed by atoms with E-state index < -0.39 is 6.29 Å². The molecule has 1 aliphatic rings. The van der Waals surface area contributed by atoms with E-state index >= 15 is 0 Å². The fraction of sp³-hybridized carbons (Fsp3) is 0.333. The molecule has 0 aromatic heterocycles. The van der Waals surface area contributed by atoms with Crippen molar-refractivity contribution in [2.45, 2.75) is 83.0 Å². The maximum Gasteiger partial charge on any atom is 0.224 e. The molecule has 0 bridgehead atoms. The van der Waals surface area contributed by atoms with Gasteiger partial charge in [0.05, 0.1) is 30.2 Å². The Morgan fingerprint density at radius 3 is 2.13 bits per heavy atom. The van der Waals surface area contributed by atoms with Crippen molar-refractivity contribution in [3.8, 4) is 0 Å². The molecule has 54 heavy (non-hydrogen) atoms. The number of fused-ring (bicyclic) bond motifs is 1. The molecule has 6 rings (SSSR count). The van der Waals surface area contributed by atoms with Gasteiger partial charge in [-0.3, -0.25) is 14.5 Å². The molecule has 1 fully saturated rings. The van der Waals surface area contributed by atoms with Gasteiger partial charge >= 0.3 is 0 Å². The Hall–Kier alpha value is -5.06. The molecule has 282 valence electrons. The molecule has 2 amide bonds. The number of unbranched alkanes of at least 4 members (excludes halogenated alkanes) is 3. The predicted molar refractivity (Wildman–Crippen MR) is 216 cm³/mol. The second-order valence-corrected chi connectivity index (χ2v) is 14.3. The van der Waals surface area contributed by atoms with E-state index in [-0.39, 0.29) is 36.7 Å². The van der Waals surface area contributed by atoms with Crippen LogP contribution in [0.5, 0.6) is 0 Å². The molecule has 0 saturated carbocycles. The highest BCUT2D eigenvalue weighted by atomic mass is 16.7. The first-order valence-corrected chi connectivity index (χ1v) is 19.0. The van der Waals surface area contributed by atoms with Gasteiger partial charge in [-0.1, -0.05) is 97.8 Å². The first-order valence-electron chi connectivity index (χ1n) is 19.0. The number of nitrogens with two attached hydrogens (primary N) is 1. The number of amides is 2. The van der Waals surface area contributed by atoms with Crippen molar-refractivity contribution in [3.63, 3.8) is 0 Å². The van der Waals surface area contributed by atoms with Crippen molar-refractivity contribution < 1.29 is 24.2 Å². The number of aliphatic hydroxyl groups is 1. The number of nitrogens with zero attached hydrogens (tertiary/aromatic N) is 1. The van der Waals surface area contributed by atoms with Gasteiger partial charge in [0.2, 0.25) is 11.8 Å². The van der Waals surface area contributed by atoms with Gasteiger partial charge in [-0.05, 0) is 84.6 Å². The Kier molecular flexibility index (Phi) is 13.5. The highest BCUT2D eigenvalue weighted by molar-refractivity contribution is 5.93. The number of likely N-dealkylation sites (N-methyl/N-ethyl adjacent to an activating group) is 1. The normalized spacial score (nSPS) is 17.7. The van der Waals surface area contributed by atoms with E-state index in [0.717, 1.165) is 42.4 Å². The Morgan fingerprint density at radius 1 is 0.778 bits per heavy atom. The summed E-state index contributed by atoms with van der Waals surface area (Å²) in [7, 11) is 2.14. The third-order valence-electron chi connectivity index (χ3n) is 10.3. The fourth-order valence-electron chi connectivity index (χ4n) is 6.93. The van der Waals surface area contributed by atoms with Gasteiger partial charge in [0.25, 0.3) is 0 Å². The Balaban J connectivity index is 1.01. The number of nitrogens with one attached hydrogen (secondary N) is 2. The van der Waals surface area contributed by atoms with E-state index in [4.69, 9.17) is 15.2 Å². The molecule has 5 aromatic rings. The quantitative estimate of drug-likeness (QED) is 0.0590. The molecule has 9 heteroatoms. The molecular weight excluding hydrogens is 677 g/mol. The van der Waals surface area contributed by atoms with Crippen LogP contribution in [0.4, 0.5) is 17.1 Å². The van der Waals surface area contributed by atoms with Crippen LogP contribution in [0, 0.1) is 0 Å². The minimum absolute atomic E-state index is 0.00723. The standard InChI is InChI=1S/C45H52N4O5/c1-31(36-22-21-33-11-7-8-12-37(33)27-36)49(2)29-39-28-42(34-19-17-32(30-50)18-20-34)54-45(53-39)35-23-25-38(26-24-35)47-43(51)15-5-3-4-6-16-44(52)48-41-14-10-9-13-40(41)46/h7-14,17-27,31,39,42,45,50H,3-6,15-16,28-30,46H2,1-2H3,(H,47,51)(H,48,52)/t31-,39-,42+,45+/m1/s1. The Morgan fingerprint density at radius 2 is 1.43 bits per heavy atom. The average Bonchev–Trinajstić information content (AvgIpc) is 3.19. The van der Waals surface area contributed by atoms with Crippen LogP contribution in [0.3, 0.4) is 0 Å². The number of para-hydroxylation sites is 2. The molecule has 1 aliphatic heterocycles. The minimum Gasteiger partial charge on any atom is -0.397 e. The van der Waals surface area contributed by atoms with Crippen LogP contribution in [0.2, 0.25) is 0 Å². The summed E-state index contributed by atoms with van der Waals surface area (Å²) in [6, 6.07) is 38.1. The lowest BCUT2D eigenvalue weighted by atomic mass is 9.98. The fourth-order valence-corrected chi connectivity index (χ4v) is 6.93. The third-order valence-corrected chi connectivity index (χ3v) is 10.3. The topological polar surface area (TPSA) is 126 Å². The summed E-state index contributed by atoms with van der Waals surface area (Å²) in [4.78, 5) is 27.3. The van der Waals surface area contributed by atoms with Crippen molar-refractivity contribution in [2.24, 2.45) is 0 Å². The number of hydrogen-bond donors (Lipinski definition) is 4. The lowest BCUT2D eigenvalue weighted by Crippen LogP contribution is -2.38. The third kappa shape index (κ3) is 10.5. The molecule has 0 radical (unpaired) electrons. The molecule has 0 unspecified atom stereocenters. The number of aliphatic hydroxyl groups excluding tert-OH is 1. The van der Waals surface area contributed by atoms with Crippen LogP contribution < -0.4 is 16.4 Å². The first kappa shape index (κ1) is 38.7. The predicted octanol–water partition coefficient (Wildman–Crippen LogP) is 9.07. The summed E-state index contributed by atoms with van der Waals surface area (Å²) < 4.78 is 13.2. The number of hydrogen-bond acceptors (Lipinski definition) is 7. The number of nitrogen functional groups attached to an aromatic ring is 1. The van der Waals surface area contributed by atoms with Gasteiger partial charge in [-0.2, -0.15) is 0 Å². The molecule has 0 aliphatic carbocycles. The first-order chi connectivity index (χ1) is 26.2. The van der Waals surface area contributed by atoms with Crippen molar-refractivity contribution in [3.05, 3.63) is 138 Å². The van der Waals surface area contributed by atoms with Gasteiger partial charge in [-0.15, -0.1) is 0 Å². The SMILES string of the molecule is C[C@H](c1ccc2ccccc2c1)N(C)C[C@H]1C[C@@H](c2ccc(CO)cc2)O[C@@H](c2ccc(NC(=O)CCCCCCC(=O)Nc3ccccc3N)cc2)O1. The Labute approximate surface area is 318 Å². The lowest BCUT2D eigenvalue weighted by Gasteiger charge is -2.39. The molecular formula is C45H52N4O5. The zero-order valence-electron chi connectivity index (χ0n) is 31.2. The number of carbonyl (C=O) groups is 2. The number of rotatable bonds is 16. The zero-order valence-corrected chi connectivity index (χ0v) is 31.2. The summed E-state index contributed by atoms with van der Waals surface area (Å²) in [5.41, 5.74) is 11.8. The monoisotopic (exact) mass is 728 g/mol. The van der Waals surface area contributed by atoms with E-state index in [0.29, 0.717) is 42.9 Å². The lowest BCUT2D eigenvalue weighted by molar-refractivity contribution is -0.253. The van der Waals surface area contributed by atoms with Crippen LogP contribution in [0.25, 0.3) is 10.8 Å². The molecule has 5 aromatic carbocycles. The Bertz CT molecular complexity index is 1980. The second-order valence-electron chi connectivity index (χ2n) is 14.3. The maximum atomic E-state index is 12.7. The highest BCUT2D eigenvalue weighted by Gasteiger charge is 2.33. The van der Waals surface area contributed by atoms with Gasteiger partial charge < -0.3 is 30.9 Å². The summed E-state index contributed by atoms with van der Waals surface area (Å²) in [6.45, 7) is 2.93. The highest BCUT2D eigenvalue weighted by Crippen LogP contribution is 2.39. The van der Waals surface area contributed by atoms with E-state index in [2.05, 4.69) is 72.0 Å². The van der Waals surface area contributed by atoms with Crippen molar-refractivity contribution >= 4 is 39.6 Å². The number of anilines is 3. The molecule has 0 spiro atoms. The summed E-state index contributed by atoms with van der Waals surface area (Å²) in [6.07, 6.45) is 3.86. The van der Waals surface area contributed by atoms with E-state index in [9.17, 15) is 14.7 Å². The maximum absolute atomic E-state index is 12.7. The summed E-state index contributed by atoms with van der Waals surface area (Å²) in [5, 5.41) is 17.9. The van der Waals surface area contributed by atoms with Gasteiger partial charge in [0.15, 0.2) is 6.29 Å². The average molecular weight is 729 g/mol. The minimum atomic E-state index is -0.590.